The highest BCUT2D eigenvalue weighted by molar-refractivity contribution is 5.83. The normalized spacial score (nSPS) is 42.7. The first-order valence-corrected chi connectivity index (χ1v) is 7.44. The summed E-state index contributed by atoms with van der Waals surface area (Å²) in [6.45, 7) is 1.79. The van der Waals surface area contributed by atoms with Crippen molar-refractivity contribution in [3.63, 3.8) is 0 Å². The third-order valence-electron chi connectivity index (χ3n) is 4.37. The number of ether oxygens (including phenoxy) is 5. The summed E-state index contributed by atoms with van der Waals surface area (Å²) in [5.74, 6) is -1.73. The van der Waals surface area contributed by atoms with Crippen LogP contribution >= 0.6 is 0 Å². The zero-order valence-corrected chi connectivity index (χ0v) is 11.6. The second-order valence-corrected chi connectivity index (χ2v) is 6.02. The summed E-state index contributed by atoms with van der Waals surface area (Å²) in [6.07, 6.45) is 1.34. The molecule has 3 heterocycles. The van der Waals surface area contributed by atoms with Crippen LogP contribution in [0.5, 0.6) is 0 Å². The molecule has 3 aliphatic heterocycles. The summed E-state index contributed by atoms with van der Waals surface area (Å²) in [4.78, 5) is 24.4. The fourth-order valence-electron chi connectivity index (χ4n) is 2.90. The van der Waals surface area contributed by atoms with Gasteiger partial charge in [-0.1, -0.05) is 0 Å². The Balaban J connectivity index is 1.36. The molecule has 6 atom stereocenters. The standard InChI is InChI=1S/C14H18O7/c15-13(19-5-7-3-17-7)9-1-2-10-12(21-10)11(9)14(16)20-6-8-4-18-8/h7-12H,1-6H2. The average molecular weight is 298 g/mol. The van der Waals surface area contributed by atoms with E-state index in [1.54, 1.807) is 0 Å². The molecule has 7 nitrogen and oxygen atoms in total. The second-order valence-electron chi connectivity index (χ2n) is 6.02. The molecule has 21 heavy (non-hydrogen) atoms. The van der Waals surface area contributed by atoms with E-state index in [1.807, 2.05) is 0 Å². The Morgan fingerprint density at radius 3 is 2.19 bits per heavy atom. The first-order valence-electron chi connectivity index (χ1n) is 7.44. The van der Waals surface area contributed by atoms with E-state index in [-0.39, 0.29) is 49.6 Å². The van der Waals surface area contributed by atoms with Crippen molar-refractivity contribution in [2.24, 2.45) is 11.8 Å². The van der Waals surface area contributed by atoms with E-state index in [2.05, 4.69) is 0 Å². The molecule has 0 radical (unpaired) electrons. The lowest BCUT2D eigenvalue weighted by Crippen LogP contribution is -2.40. The van der Waals surface area contributed by atoms with Crippen LogP contribution in [0.4, 0.5) is 0 Å². The van der Waals surface area contributed by atoms with E-state index in [0.29, 0.717) is 19.6 Å². The Labute approximate surface area is 121 Å². The van der Waals surface area contributed by atoms with Crippen LogP contribution in [0.3, 0.4) is 0 Å². The van der Waals surface area contributed by atoms with E-state index in [9.17, 15) is 9.59 Å². The number of epoxide rings is 3. The first kappa shape index (κ1) is 13.5. The van der Waals surface area contributed by atoms with Gasteiger partial charge in [-0.15, -0.1) is 0 Å². The van der Waals surface area contributed by atoms with Gasteiger partial charge in [-0.2, -0.15) is 0 Å². The van der Waals surface area contributed by atoms with Crippen molar-refractivity contribution >= 4 is 11.9 Å². The highest BCUT2D eigenvalue weighted by Gasteiger charge is 2.57. The molecule has 4 aliphatic rings. The van der Waals surface area contributed by atoms with E-state index < -0.39 is 11.8 Å². The van der Waals surface area contributed by atoms with Gasteiger partial charge in [-0.05, 0) is 12.8 Å². The fraction of sp³-hybridized carbons (Fsp3) is 0.857. The van der Waals surface area contributed by atoms with Crippen LogP contribution in [0, 0.1) is 11.8 Å². The van der Waals surface area contributed by atoms with Crippen molar-refractivity contribution in [3.05, 3.63) is 0 Å². The van der Waals surface area contributed by atoms with Gasteiger partial charge >= 0.3 is 11.9 Å². The zero-order chi connectivity index (χ0) is 14.4. The molecule has 6 unspecified atom stereocenters. The first-order chi connectivity index (χ1) is 10.2. The number of hydrogen-bond acceptors (Lipinski definition) is 7. The molecule has 0 aromatic rings. The lowest BCUT2D eigenvalue weighted by molar-refractivity contribution is -0.163. The van der Waals surface area contributed by atoms with Crippen LogP contribution in [-0.2, 0) is 33.3 Å². The van der Waals surface area contributed by atoms with Crippen LogP contribution in [0.2, 0.25) is 0 Å². The van der Waals surface area contributed by atoms with Crippen molar-refractivity contribution in [3.8, 4) is 0 Å². The molecule has 4 fully saturated rings. The van der Waals surface area contributed by atoms with Gasteiger partial charge < -0.3 is 23.7 Å². The lowest BCUT2D eigenvalue weighted by atomic mass is 9.79. The van der Waals surface area contributed by atoms with E-state index in [1.165, 1.54) is 0 Å². The highest BCUT2D eigenvalue weighted by Crippen LogP contribution is 2.45. The van der Waals surface area contributed by atoms with Crippen molar-refractivity contribution < 1.29 is 33.3 Å². The van der Waals surface area contributed by atoms with Crippen molar-refractivity contribution in [2.45, 2.75) is 37.3 Å². The van der Waals surface area contributed by atoms with Crippen LogP contribution in [0.1, 0.15) is 12.8 Å². The summed E-state index contributed by atoms with van der Waals surface area (Å²) in [5.41, 5.74) is 0. The van der Waals surface area contributed by atoms with Crippen LogP contribution in [-0.4, -0.2) is 62.8 Å². The fourth-order valence-corrected chi connectivity index (χ4v) is 2.90. The third kappa shape index (κ3) is 3.04. The van der Waals surface area contributed by atoms with E-state index in [4.69, 9.17) is 23.7 Å². The molecule has 0 aromatic heterocycles. The molecule has 0 N–H and O–H groups in total. The summed E-state index contributed by atoms with van der Waals surface area (Å²) < 4.78 is 26.0. The summed E-state index contributed by atoms with van der Waals surface area (Å²) in [5, 5.41) is 0. The minimum absolute atomic E-state index is 0.0193. The Bertz CT molecular complexity index is 443. The maximum Gasteiger partial charge on any atom is 0.312 e. The summed E-state index contributed by atoms with van der Waals surface area (Å²) >= 11 is 0. The summed E-state index contributed by atoms with van der Waals surface area (Å²) in [7, 11) is 0. The molecule has 4 rings (SSSR count). The molecule has 1 saturated carbocycles. The Morgan fingerprint density at radius 1 is 0.952 bits per heavy atom. The Morgan fingerprint density at radius 2 is 1.57 bits per heavy atom. The number of hydrogen-bond donors (Lipinski definition) is 0. The van der Waals surface area contributed by atoms with Crippen LogP contribution in [0.25, 0.3) is 0 Å². The summed E-state index contributed by atoms with van der Waals surface area (Å²) in [6, 6.07) is 0. The quantitative estimate of drug-likeness (QED) is 0.489. The number of fused-ring (bicyclic) bond motifs is 1. The van der Waals surface area contributed by atoms with Crippen LogP contribution in [0.15, 0.2) is 0 Å². The van der Waals surface area contributed by atoms with Gasteiger partial charge in [0.2, 0.25) is 0 Å². The van der Waals surface area contributed by atoms with Gasteiger partial charge in [0.1, 0.15) is 25.4 Å². The minimum Gasteiger partial charge on any atom is -0.463 e. The minimum atomic E-state index is -0.546. The number of carbonyl (C=O) groups excluding carboxylic acids is 2. The molecule has 1 aliphatic carbocycles. The van der Waals surface area contributed by atoms with Gasteiger partial charge in [-0.3, -0.25) is 9.59 Å². The molecule has 116 valence electrons. The smallest absolute Gasteiger partial charge is 0.312 e. The monoisotopic (exact) mass is 298 g/mol. The molecule has 0 spiro atoms. The maximum atomic E-state index is 12.2. The van der Waals surface area contributed by atoms with Crippen LogP contribution < -0.4 is 0 Å². The molecule has 0 aromatic carbocycles. The Kier molecular flexibility index (Phi) is 3.35. The van der Waals surface area contributed by atoms with Crippen molar-refractivity contribution in [1.82, 2.24) is 0 Å². The molecule has 7 heteroatoms. The van der Waals surface area contributed by atoms with Gasteiger partial charge in [-0.25, -0.2) is 0 Å². The molecular formula is C14H18O7. The number of carbonyl (C=O) groups is 2. The maximum absolute atomic E-state index is 12.2. The predicted molar refractivity (Wildman–Crippen MR) is 66.3 cm³/mol. The van der Waals surface area contributed by atoms with Gasteiger partial charge in [0.15, 0.2) is 0 Å². The lowest BCUT2D eigenvalue weighted by Gasteiger charge is -2.25. The topological polar surface area (TPSA) is 90.2 Å². The van der Waals surface area contributed by atoms with Crippen molar-refractivity contribution in [1.29, 1.82) is 0 Å². The molecular weight excluding hydrogens is 280 g/mol. The molecule has 0 bridgehead atoms. The molecule has 0 amide bonds. The zero-order valence-electron chi connectivity index (χ0n) is 11.6. The Hall–Kier alpha value is -1.18. The van der Waals surface area contributed by atoms with Gasteiger partial charge in [0, 0.05) is 0 Å². The number of esters is 2. The predicted octanol–water partition coefficient (Wildman–Crippen LogP) is -0.336. The molecule has 3 saturated heterocycles. The second kappa shape index (κ2) is 5.23. The van der Waals surface area contributed by atoms with E-state index in [0.717, 1.165) is 6.42 Å². The van der Waals surface area contributed by atoms with E-state index >= 15 is 0 Å². The van der Waals surface area contributed by atoms with Gasteiger partial charge in [0.25, 0.3) is 0 Å². The number of rotatable bonds is 6. The van der Waals surface area contributed by atoms with Gasteiger partial charge in [0.05, 0.1) is 37.3 Å². The highest BCUT2D eigenvalue weighted by atomic mass is 16.6. The largest absolute Gasteiger partial charge is 0.463 e. The average Bonchev–Trinajstić information content (AvgIpc) is 3.37. The third-order valence-corrected chi connectivity index (χ3v) is 4.37. The van der Waals surface area contributed by atoms with Crippen molar-refractivity contribution in [2.75, 3.05) is 26.4 Å². The SMILES string of the molecule is O=C(OCC1CO1)C1CCC2OC2C1C(=O)OCC1CO1.